The van der Waals surface area contributed by atoms with Gasteiger partial charge in [-0.3, -0.25) is 4.79 Å². The number of carbonyl (C=O) groups is 1. The van der Waals surface area contributed by atoms with E-state index in [9.17, 15) is 4.79 Å². The maximum atomic E-state index is 12.0. The Morgan fingerprint density at radius 3 is 2.23 bits per heavy atom. The summed E-state index contributed by atoms with van der Waals surface area (Å²) < 4.78 is 6.21. The van der Waals surface area contributed by atoms with Crippen LogP contribution in [0.2, 0.25) is 0 Å². The van der Waals surface area contributed by atoms with Crippen molar-refractivity contribution in [3.05, 3.63) is 23.3 Å². The molecule has 3 heteroatoms. The van der Waals surface area contributed by atoms with Gasteiger partial charge in [0.2, 0.25) is 5.91 Å². The maximum Gasteiger partial charge on any atom is 0.222 e. The minimum atomic E-state index is 0.113. The van der Waals surface area contributed by atoms with Crippen LogP contribution in [0.15, 0.2) is 23.3 Å². The molecule has 0 heterocycles. The highest BCUT2D eigenvalue weighted by Crippen LogP contribution is 2.54. The molecule has 4 rings (SSSR count). The quantitative estimate of drug-likeness (QED) is 0.587. The van der Waals surface area contributed by atoms with E-state index in [2.05, 4.69) is 38.2 Å². The third-order valence-electron chi connectivity index (χ3n) is 6.62. The van der Waals surface area contributed by atoms with Crippen LogP contribution >= 0.6 is 0 Å². The lowest BCUT2D eigenvalue weighted by atomic mass is 9.55. The molecule has 0 aromatic rings. The van der Waals surface area contributed by atoms with Crippen LogP contribution in [-0.2, 0) is 9.53 Å². The van der Waals surface area contributed by atoms with Crippen LogP contribution in [0.4, 0.5) is 0 Å². The maximum absolute atomic E-state index is 12.0. The second kappa shape index (κ2) is 9.21. The number of hydrogen-bond acceptors (Lipinski definition) is 2. The van der Waals surface area contributed by atoms with Crippen LogP contribution in [-0.4, -0.2) is 25.2 Å². The Morgan fingerprint density at radius 2 is 1.62 bits per heavy atom. The van der Waals surface area contributed by atoms with Crippen molar-refractivity contribution < 1.29 is 9.53 Å². The summed E-state index contributed by atoms with van der Waals surface area (Å²) in [5.74, 6) is 3.63. The Labute approximate surface area is 159 Å². The van der Waals surface area contributed by atoms with Gasteiger partial charge in [0.05, 0.1) is 12.7 Å². The molecule has 1 N–H and O–H groups in total. The van der Waals surface area contributed by atoms with Crippen molar-refractivity contribution in [1.29, 1.82) is 0 Å². The van der Waals surface area contributed by atoms with Crippen molar-refractivity contribution in [2.24, 2.45) is 23.7 Å². The van der Waals surface area contributed by atoms with Crippen LogP contribution < -0.4 is 5.32 Å². The van der Waals surface area contributed by atoms with Crippen molar-refractivity contribution in [2.75, 3.05) is 13.2 Å². The lowest BCUT2D eigenvalue weighted by Gasteiger charge is -2.54. The Hall–Kier alpha value is -1.09. The number of amides is 1. The molecule has 0 aromatic carbocycles. The highest BCUT2D eigenvalue weighted by atomic mass is 16.5. The van der Waals surface area contributed by atoms with E-state index in [0.29, 0.717) is 25.7 Å². The standard InChI is InChI=1S/C23H37NO2/c1-16(2)5-4-6-17(3)7-9-24-22(25)8-10-26-23-20-12-18-11-19(14-20)15-21(23)13-18/h5,7,18-21,23H,4,6,8-15H2,1-3H3,(H,24,25)/b17-7+. The van der Waals surface area contributed by atoms with Gasteiger partial charge in [-0.15, -0.1) is 0 Å². The van der Waals surface area contributed by atoms with Gasteiger partial charge in [-0.25, -0.2) is 0 Å². The van der Waals surface area contributed by atoms with E-state index in [0.717, 1.165) is 36.5 Å². The van der Waals surface area contributed by atoms with Gasteiger partial charge in [-0.1, -0.05) is 23.3 Å². The molecule has 4 aliphatic carbocycles. The van der Waals surface area contributed by atoms with Crippen molar-refractivity contribution in [3.63, 3.8) is 0 Å². The van der Waals surface area contributed by atoms with Gasteiger partial charge in [-0.05, 0) is 89.4 Å². The Bertz CT molecular complexity index is 516. The molecule has 26 heavy (non-hydrogen) atoms. The molecule has 0 radical (unpaired) electrons. The summed E-state index contributed by atoms with van der Waals surface area (Å²) >= 11 is 0. The molecule has 4 saturated carbocycles. The fourth-order valence-corrected chi connectivity index (χ4v) is 5.55. The molecule has 4 bridgehead atoms. The first-order valence-corrected chi connectivity index (χ1v) is 10.7. The van der Waals surface area contributed by atoms with Gasteiger partial charge >= 0.3 is 0 Å². The van der Waals surface area contributed by atoms with Gasteiger partial charge < -0.3 is 10.1 Å². The highest BCUT2D eigenvalue weighted by molar-refractivity contribution is 5.76. The van der Waals surface area contributed by atoms with Crippen LogP contribution in [0.1, 0.15) is 72.1 Å². The topological polar surface area (TPSA) is 38.3 Å². The lowest BCUT2D eigenvalue weighted by Crippen LogP contribution is -2.49. The minimum Gasteiger partial charge on any atom is -0.377 e. The summed E-state index contributed by atoms with van der Waals surface area (Å²) in [6, 6.07) is 0. The molecule has 0 unspecified atom stereocenters. The average molecular weight is 360 g/mol. The average Bonchev–Trinajstić information content (AvgIpc) is 2.56. The van der Waals surface area contributed by atoms with Crippen LogP contribution in [0.5, 0.6) is 0 Å². The molecule has 3 nitrogen and oxygen atoms in total. The molecule has 0 aromatic heterocycles. The third-order valence-corrected chi connectivity index (χ3v) is 6.62. The van der Waals surface area contributed by atoms with E-state index in [1.807, 2.05) is 0 Å². The number of carbonyl (C=O) groups excluding carboxylic acids is 1. The molecule has 0 aliphatic heterocycles. The second-order valence-electron chi connectivity index (χ2n) is 9.19. The van der Waals surface area contributed by atoms with Crippen LogP contribution in [0, 0.1) is 23.7 Å². The third kappa shape index (κ3) is 5.45. The first kappa shape index (κ1) is 19.7. The summed E-state index contributed by atoms with van der Waals surface area (Å²) in [4.78, 5) is 12.0. The fraction of sp³-hybridized carbons (Fsp3) is 0.783. The molecular formula is C23H37NO2. The first-order valence-electron chi connectivity index (χ1n) is 10.7. The van der Waals surface area contributed by atoms with E-state index in [-0.39, 0.29) is 5.91 Å². The van der Waals surface area contributed by atoms with Gasteiger partial charge in [0.25, 0.3) is 0 Å². The van der Waals surface area contributed by atoms with E-state index in [1.54, 1.807) is 0 Å². The number of hydrogen-bond donors (Lipinski definition) is 1. The zero-order valence-corrected chi connectivity index (χ0v) is 16.9. The predicted molar refractivity (Wildman–Crippen MR) is 107 cm³/mol. The second-order valence-corrected chi connectivity index (χ2v) is 9.19. The predicted octanol–water partition coefficient (Wildman–Crippen LogP) is 5.03. The van der Waals surface area contributed by atoms with E-state index in [4.69, 9.17) is 4.74 Å². The minimum absolute atomic E-state index is 0.113. The van der Waals surface area contributed by atoms with E-state index in [1.165, 1.54) is 43.3 Å². The van der Waals surface area contributed by atoms with Crippen molar-refractivity contribution in [3.8, 4) is 0 Å². The smallest absolute Gasteiger partial charge is 0.222 e. The van der Waals surface area contributed by atoms with Gasteiger partial charge in [-0.2, -0.15) is 0 Å². The largest absolute Gasteiger partial charge is 0.377 e. The van der Waals surface area contributed by atoms with Gasteiger partial charge in [0.1, 0.15) is 0 Å². The molecule has 4 aliphatic rings. The number of nitrogens with one attached hydrogen (secondary N) is 1. The zero-order chi connectivity index (χ0) is 18.5. The molecule has 0 saturated heterocycles. The first-order chi connectivity index (χ1) is 12.5. The highest BCUT2D eigenvalue weighted by Gasteiger charge is 2.48. The van der Waals surface area contributed by atoms with E-state index >= 15 is 0 Å². The van der Waals surface area contributed by atoms with Crippen LogP contribution in [0.3, 0.4) is 0 Å². The number of allylic oxidation sites excluding steroid dienone is 3. The number of rotatable bonds is 9. The fourth-order valence-electron chi connectivity index (χ4n) is 5.55. The zero-order valence-electron chi connectivity index (χ0n) is 16.9. The molecule has 0 atom stereocenters. The summed E-state index contributed by atoms with van der Waals surface area (Å²) in [6.45, 7) is 7.62. The summed E-state index contributed by atoms with van der Waals surface area (Å²) in [6.07, 6.45) is 14.5. The van der Waals surface area contributed by atoms with Crippen molar-refractivity contribution in [1.82, 2.24) is 5.32 Å². The lowest BCUT2D eigenvalue weighted by molar-refractivity contribution is -0.135. The summed E-state index contributed by atoms with van der Waals surface area (Å²) in [7, 11) is 0. The normalized spacial score (nSPS) is 32.6. The Balaban J connectivity index is 1.29. The van der Waals surface area contributed by atoms with E-state index < -0.39 is 0 Å². The molecule has 0 spiro atoms. The molecule has 1 amide bonds. The van der Waals surface area contributed by atoms with Crippen molar-refractivity contribution >= 4 is 5.91 Å². The molecule has 4 fully saturated rings. The van der Waals surface area contributed by atoms with Gasteiger partial charge in [0.15, 0.2) is 0 Å². The SMILES string of the molecule is CC(C)=CCC/C(C)=C/CNC(=O)CCOC1C2CC3CC(C2)CC1C3. The molecular weight excluding hydrogens is 322 g/mol. The Kier molecular flexibility index (Phi) is 6.97. The number of ether oxygens (including phenoxy) is 1. The van der Waals surface area contributed by atoms with Crippen LogP contribution in [0.25, 0.3) is 0 Å². The summed E-state index contributed by atoms with van der Waals surface area (Å²) in [5, 5.41) is 3.00. The van der Waals surface area contributed by atoms with Crippen molar-refractivity contribution in [2.45, 2.75) is 78.2 Å². The van der Waals surface area contributed by atoms with Gasteiger partial charge in [0, 0.05) is 13.0 Å². The monoisotopic (exact) mass is 359 g/mol. The summed E-state index contributed by atoms with van der Waals surface area (Å²) in [5.41, 5.74) is 2.71. The molecule has 146 valence electrons. The Morgan fingerprint density at radius 1 is 0.962 bits per heavy atom.